The molecule has 0 fully saturated rings. The smallest absolute Gasteiger partial charge is 0.111 e. The molecule has 0 bridgehead atoms. The van der Waals surface area contributed by atoms with Crippen LogP contribution in [-0.2, 0) is 0 Å². The van der Waals surface area contributed by atoms with Gasteiger partial charge in [-0.3, -0.25) is 0 Å². The lowest BCUT2D eigenvalue weighted by Crippen LogP contribution is -2.44. The van der Waals surface area contributed by atoms with Crippen LogP contribution in [0.3, 0.4) is 0 Å². The lowest BCUT2D eigenvalue weighted by molar-refractivity contribution is 0.544. The van der Waals surface area contributed by atoms with E-state index in [0.29, 0.717) is 0 Å². The van der Waals surface area contributed by atoms with Gasteiger partial charge in [-0.1, -0.05) is 99.0 Å². The minimum atomic E-state index is 0.136. The standard InChI is InChI=1S/C31H34N2/c1-2-3-4-17-26-31(32(27-18-9-5-10-19-27)28-20-11-6-12-21-28)33(29-22-13-7-14-23-29)30-24-15-8-16-25-30/h5-16,18-25,31H,2-4,17,26H2,1H3. The van der Waals surface area contributed by atoms with Crippen LogP contribution < -0.4 is 9.80 Å². The Balaban J connectivity index is 1.85. The molecule has 0 aliphatic carbocycles. The molecule has 0 unspecified atom stereocenters. The number of hydrogen-bond acceptors (Lipinski definition) is 2. The van der Waals surface area contributed by atoms with Crippen LogP contribution in [-0.4, -0.2) is 6.17 Å². The van der Waals surface area contributed by atoms with E-state index in [-0.39, 0.29) is 6.17 Å². The van der Waals surface area contributed by atoms with Gasteiger partial charge in [-0.05, 0) is 61.4 Å². The zero-order valence-corrected chi connectivity index (χ0v) is 19.6. The van der Waals surface area contributed by atoms with Crippen LogP contribution in [0.15, 0.2) is 121 Å². The molecular weight excluding hydrogens is 400 g/mol. The maximum absolute atomic E-state index is 2.51. The molecule has 0 heterocycles. The summed E-state index contributed by atoms with van der Waals surface area (Å²) in [6, 6.07) is 43.2. The van der Waals surface area contributed by atoms with Crippen molar-refractivity contribution in [3.8, 4) is 0 Å². The maximum Gasteiger partial charge on any atom is 0.111 e. The van der Waals surface area contributed by atoms with E-state index in [0.717, 1.165) is 6.42 Å². The van der Waals surface area contributed by atoms with Crippen molar-refractivity contribution in [2.24, 2.45) is 0 Å². The molecule has 0 aliphatic rings. The molecule has 0 amide bonds. The van der Waals surface area contributed by atoms with Gasteiger partial charge in [0.15, 0.2) is 0 Å². The van der Waals surface area contributed by atoms with Crippen molar-refractivity contribution in [2.75, 3.05) is 9.80 Å². The molecule has 0 saturated heterocycles. The molecule has 168 valence electrons. The summed E-state index contributed by atoms with van der Waals surface area (Å²) in [5.74, 6) is 0. The summed E-state index contributed by atoms with van der Waals surface area (Å²) in [7, 11) is 0. The first-order valence-corrected chi connectivity index (χ1v) is 12.2. The van der Waals surface area contributed by atoms with Crippen LogP contribution in [0.1, 0.15) is 39.0 Å². The van der Waals surface area contributed by atoms with Crippen molar-refractivity contribution in [3.05, 3.63) is 121 Å². The fourth-order valence-electron chi connectivity index (χ4n) is 4.47. The molecule has 0 atom stereocenters. The number of unbranched alkanes of at least 4 members (excludes halogenated alkanes) is 3. The number of nitrogens with zero attached hydrogens (tertiary/aromatic N) is 2. The molecule has 0 N–H and O–H groups in total. The van der Waals surface area contributed by atoms with Gasteiger partial charge in [0.25, 0.3) is 0 Å². The van der Waals surface area contributed by atoms with E-state index in [1.807, 2.05) is 0 Å². The largest absolute Gasteiger partial charge is 0.320 e. The van der Waals surface area contributed by atoms with Gasteiger partial charge in [0.05, 0.1) is 0 Å². The highest BCUT2D eigenvalue weighted by Crippen LogP contribution is 2.37. The Morgan fingerprint density at radius 3 is 1.09 bits per heavy atom. The zero-order chi connectivity index (χ0) is 22.7. The Morgan fingerprint density at radius 2 is 0.788 bits per heavy atom. The fourth-order valence-corrected chi connectivity index (χ4v) is 4.47. The average molecular weight is 435 g/mol. The SMILES string of the molecule is CCCCCCC(N(c1ccccc1)c1ccccc1)N(c1ccccc1)c1ccccc1. The second kappa shape index (κ2) is 11.9. The Bertz CT molecular complexity index is 887. The zero-order valence-electron chi connectivity index (χ0n) is 19.6. The highest BCUT2D eigenvalue weighted by molar-refractivity contribution is 5.71. The quantitative estimate of drug-likeness (QED) is 0.172. The predicted molar refractivity (Wildman–Crippen MR) is 143 cm³/mol. The topological polar surface area (TPSA) is 6.48 Å². The first kappa shape index (κ1) is 22.7. The van der Waals surface area contributed by atoms with Crippen molar-refractivity contribution in [2.45, 2.75) is 45.2 Å². The molecule has 4 aromatic carbocycles. The monoisotopic (exact) mass is 434 g/mol. The second-order valence-corrected chi connectivity index (χ2v) is 8.41. The highest BCUT2D eigenvalue weighted by atomic mass is 15.4. The highest BCUT2D eigenvalue weighted by Gasteiger charge is 2.28. The summed E-state index contributed by atoms with van der Waals surface area (Å²) >= 11 is 0. The molecule has 2 heteroatoms. The van der Waals surface area contributed by atoms with Crippen molar-refractivity contribution in [1.82, 2.24) is 0 Å². The second-order valence-electron chi connectivity index (χ2n) is 8.41. The lowest BCUT2D eigenvalue weighted by Gasteiger charge is -2.42. The summed E-state index contributed by atoms with van der Waals surface area (Å²) in [6.07, 6.45) is 6.16. The van der Waals surface area contributed by atoms with Crippen molar-refractivity contribution in [1.29, 1.82) is 0 Å². The average Bonchev–Trinajstić information content (AvgIpc) is 2.89. The lowest BCUT2D eigenvalue weighted by atomic mass is 10.1. The summed E-state index contributed by atoms with van der Waals surface area (Å²) in [5, 5.41) is 0. The number of benzene rings is 4. The van der Waals surface area contributed by atoms with E-state index in [9.17, 15) is 0 Å². The number of anilines is 4. The van der Waals surface area contributed by atoms with Crippen LogP contribution in [0.4, 0.5) is 22.7 Å². The minimum absolute atomic E-state index is 0.136. The first-order valence-electron chi connectivity index (χ1n) is 12.2. The van der Waals surface area contributed by atoms with Gasteiger partial charge in [0.2, 0.25) is 0 Å². The number of rotatable bonds is 11. The van der Waals surface area contributed by atoms with Crippen molar-refractivity contribution < 1.29 is 0 Å². The number of hydrogen-bond donors (Lipinski definition) is 0. The van der Waals surface area contributed by atoms with Crippen LogP contribution >= 0.6 is 0 Å². The molecule has 4 aromatic rings. The summed E-state index contributed by atoms with van der Waals surface area (Å²) in [4.78, 5) is 5.01. The molecule has 4 rings (SSSR count). The van der Waals surface area contributed by atoms with E-state index in [1.165, 1.54) is 48.4 Å². The van der Waals surface area contributed by atoms with Gasteiger partial charge < -0.3 is 9.80 Å². The molecular formula is C31H34N2. The molecule has 0 saturated carbocycles. The Morgan fingerprint density at radius 1 is 0.455 bits per heavy atom. The van der Waals surface area contributed by atoms with E-state index >= 15 is 0 Å². The third-order valence-electron chi connectivity index (χ3n) is 6.05. The third-order valence-corrected chi connectivity index (χ3v) is 6.05. The minimum Gasteiger partial charge on any atom is -0.320 e. The molecule has 33 heavy (non-hydrogen) atoms. The van der Waals surface area contributed by atoms with Crippen LogP contribution in [0, 0.1) is 0 Å². The van der Waals surface area contributed by atoms with Gasteiger partial charge in [-0.2, -0.15) is 0 Å². The molecule has 0 spiro atoms. The Kier molecular flexibility index (Phi) is 8.19. The van der Waals surface area contributed by atoms with Crippen LogP contribution in [0.25, 0.3) is 0 Å². The number of para-hydroxylation sites is 4. The Labute approximate surface area is 199 Å². The summed E-state index contributed by atoms with van der Waals surface area (Å²) in [5.41, 5.74) is 4.84. The Hall–Kier alpha value is -3.52. The molecule has 2 nitrogen and oxygen atoms in total. The van der Waals surface area contributed by atoms with E-state index in [1.54, 1.807) is 0 Å². The van der Waals surface area contributed by atoms with Crippen molar-refractivity contribution in [3.63, 3.8) is 0 Å². The molecule has 0 aliphatic heterocycles. The van der Waals surface area contributed by atoms with E-state index < -0.39 is 0 Å². The maximum atomic E-state index is 2.51. The van der Waals surface area contributed by atoms with E-state index in [2.05, 4.69) is 138 Å². The van der Waals surface area contributed by atoms with Crippen molar-refractivity contribution >= 4 is 22.7 Å². The van der Waals surface area contributed by atoms with Gasteiger partial charge in [0, 0.05) is 22.7 Å². The first-order chi connectivity index (χ1) is 16.4. The van der Waals surface area contributed by atoms with Gasteiger partial charge in [-0.15, -0.1) is 0 Å². The van der Waals surface area contributed by atoms with E-state index in [4.69, 9.17) is 0 Å². The third kappa shape index (κ3) is 5.84. The van der Waals surface area contributed by atoms with Gasteiger partial charge in [0.1, 0.15) is 6.17 Å². The van der Waals surface area contributed by atoms with Crippen LogP contribution in [0.2, 0.25) is 0 Å². The van der Waals surface area contributed by atoms with Gasteiger partial charge in [-0.25, -0.2) is 0 Å². The molecule has 0 radical (unpaired) electrons. The van der Waals surface area contributed by atoms with Gasteiger partial charge >= 0.3 is 0 Å². The molecule has 0 aromatic heterocycles. The summed E-state index contributed by atoms with van der Waals surface area (Å²) in [6.45, 7) is 2.28. The van der Waals surface area contributed by atoms with Crippen LogP contribution in [0.5, 0.6) is 0 Å². The predicted octanol–water partition coefficient (Wildman–Crippen LogP) is 8.96. The normalized spacial score (nSPS) is 10.8. The fraction of sp³-hybridized carbons (Fsp3) is 0.226. The summed E-state index contributed by atoms with van der Waals surface area (Å²) < 4.78 is 0.